The monoisotopic (exact) mass is 499 g/mol. The van der Waals surface area contributed by atoms with Crippen LogP contribution in [0.5, 0.6) is 0 Å². The van der Waals surface area contributed by atoms with Crippen LogP contribution < -0.4 is 21.2 Å². The number of anilines is 3. The number of aromatic nitrogens is 2. The Kier molecular flexibility index (Phi) is 6.60. The molecular formula is C24H30BrN5O2. The third kappa shape index (κ3) is 4.28. The van der Waals surface area contributed by atoms with E-state index in [1.54, 1.807) is 9.13 Å². The molecule has 2 aromatic carbocycles. The average molecular weight is 500 g/mol. The molecular weight excluding hydrogens is 470 g/mol. The van der Waals surface area contributed by atoms with E-state index in [4.69, 9.17) is 0 Å². The van der Waals surface area contributed by atoms with Gasteiger partial charge in [0, 0.05) is 36.3 Å². The van der Waals surface area contributed by atoms with Crippen molar-refractivity contribution in [2.24, 2.45) is 0 Å². The number of piperidine rings is 1. The number of amides is 2. The Bertz CT molecular complexity index is 1210. The van der Waals surface area contributed by atoms with Gasteiger partial charge in [0.25, 0.3) is 0 Å². The second kappa shape index (κ2) is 9.40. The molecule has 7 nitrogen and oxygen atoms in total. The van der Waals surface area contributed by atoms with Gasteiger partial charge in [0.05, 0.1) is 22.4 Å². The second-order valence-corrected chi connectivity index (χ2v) is 9.07. The molecule has 0 bridgehead atoms. The molecule has 2 heterocycles. The number of hydrogen-bond donors (Lipinski definition) is 2. The molecule has 0 radical (unpaired) electrons. The minimum Gasteiger partial charge on any atom is -0.370 e. The molecule has 170 valence electrons. The highest BCUT2D eigenvalue weighted by atomic mass is 79.9. The Balaban J connectivity index is 1.74. The Labute approximate surface area is 196 Å². The Morgan fingerprint density at radius 3 is 2.25 bits per heavy atom. The van der Waals surface area contributed by atoms with E-state index in [2.05, 4.69) is 37.5 Å². The van der Waals surface area contributed by atoms with E-state index in [0.717, 1.165) is 64.1 Å². The molecule has 0 unspecified atom stereocenters. The number of benzene rings is 2. The normalized spacial score (nSPS) is 14.1. The summed E-state index contributed by atoms with van der Waals surface area (Å²) < 4.78 is 4.57. The molecule has 1 aliphatic heterocycles. The first-order valence-electron chi connectivity index (χ1n) is 11.3. The summed E-state index contributed by atoms with van der Waals surface area (Å²) in [4.78, 5) is 28.1. The molecule has 32 heavy (non-hydrogen) atoms. The number of imidazole rings is 1. The summed E-state index contributed by atoms with van der Waals surface area (Å²) in [5.74, 6) is 0. The SMILES string of the molecule is CCn1c(=O)n(CC)c2cc(N3CCCCC3)c(NC(=O)Nc3ccc(Br)c(C)c3)cc21. The van der Waals surface area contributed by atoms with Gasteiger partial charge in [-0.25, -0.2) is 9.59 Å². The number of hydrogen-bond acceptors (Lipinski definition) is 3. The number of urea groups is 1. The molecule has 1 saturated heterocycles. The van der Waals surface area contributed by atoms with Gasteiger partial charge in [0.15, 0.2) is 0 Å². The van der Waals surface area contributed by atoms with Crippen LogP contribution in [-0.2, 0) is 13.1 Å². The van der Waals surface area contributed by atoms with Crippen molar-refractivity contribution in [1.82, 2.24) is 9.13 Å². The molecule has 1 fully saturated rings. The summed E-state index contributed by atoms with van der Waals surface area (Å²) in [5.41, 5.74) is 5.21. The van der Waals surface area contributed by atoms with Gasteiger partial charge >= 0.3 is 11.7 Å². The van der Waals surface area contributed by atoms with Gasteiger partial charge in [0.1, 0.15) is 0 Å². The highest BCUT2D eigenvalue weighted by Crippen LogP contribution is 2.33. The molecule has 0 spiro atoms. The number of fused-ring (bicyclic) bond motifs is 1. The van der Waals surface area contributed by atoms with Crippen molar-refractivity contribution < 1.29 is 4.79 Å². The fourth-order valence-corrected chi connectivity index (χ4v) is 4.71. The quantitative estimate of drug-likeness (QED) is 0.483. The lowest BCUT2D eigenvalue weighted by atomic mass is 10.1. The first-order valence-corrected chi connectivity index (χ1v) is 12.1. The molecule has 8 heteroatoms. The summed E-state index contributed by atoms with van der Waals surface area (Å²) in [6, 6.07) is 9.42. The number of carbonyl (C=O) groups excluding carboxylic acids is 1. The van der Waals surface area contributed by atoms with Crippen molar-refractivity contribution in [3.05, 3.63) is 50.9 Å². The van der Waals surface area contributed by atoms with E-state index in [-0.39, 0.29) is 11.7 Å². The van der Waals surface area contributed by atoms with Crippen LogP contribution in [0.2, 0.25) is 0 Å². The van der Waals surface area contributed by atoms with Gasteiger partial charge < -0.3 is 15.5 Å². The molecule has 2 amide bonds. The summed E-state index contributed by atoms with van der Waals surface area (Å²) >= 11 is 3.49. The zero-order chi connectivity index (χ0) is 22.8. The zero-order valence-electron chi connectivity index (χ0n) is 18.9. The topological polar surface area (TPSA) is 71.3 Å². The summed E-state index contributed by atoms with van der Waals surface area (Å²) in [6.07, 6.45) is 3.47. The van der Waals surface area contributed by atoms with Crippen molar-refractivity contribution in [3.63, 3.8) is 0 Å². The fourth-order valence-electron chi connectivity index (χ4n) is 4.46. The van der Waals surface area contributed by atoms with Crippen molar-refractivity contribution in [1.29, 1.82) is 0 Å². The van der Waals surface area contributed by atoms with E-state index in [1.165, 1.54) is 6.42 Å². The van der Waals surface area contributed by atoms with Crippen LogP contribution in [0.3, 0.4) is 0 Å². The maximum atomic E-state index is 12.9. The molecule has 4 rings (SSSR count). The first kappa shape index (κ1) is 22.5. The largest absolute Gasteiger partial charge is 0.370 e. The van der Waals surface area contributed by atoms with Gasteiger partial charge in [-0.05, 0) is 75.9 Å². The van der Waals surface area contributed by atoms with E-state index >= 15 is 0 Å². The van der Waals surface area contributed by atoms with Crippen LogP contribution in [0.4, 0.5) is 21.9 Å². The lowest BCUT2D eigenvalue weighted by Crippen LogP contribution is -2.31. The number of halogens is 1. The second-order valence-electron chi connectivity index (χ2n) is 8.22. The fraction of sp³-hybridized carbons (Fsp3) is 0.417. The minimum absolute atomic E-state index is 0.0125. The number of carbonyl (C=O) groups is 1. The van der Waals surface area contributed by atoms with Gasteiger partial charge in [-0.15, -0.1) is 0 Å². The van der Waals surface area contributed by atoms with Crippen LogP contribution in [0.1, 0.15) is 38.7 Å². The van der Waals surface area contributed by atoms with Crippen LogP contribution in [0.25, 0.3) is 11.0 Å². The van der Waals surface area contributed by atoms with Crippen molar-refractivity contribution >= 4 is 50.1 Å². The van der Waals surface area contributed by atoms with E-state index < -0.39 is 0 Å². The van der Waals surface area contributed by atoms with Gasteiger partial charge in [-0.3, -0.25) is 9.13 Å². The number of nitrogens with one attached hydrogen (secondary N) is 2. The molecule has 3 aromatic rings. The maximum absolute atomic E-state index is 12.9. The van der Waals surface area contributed by atoms with Crippen molar-refractivity contribution in [2.45, 2.75) is 53.1 Å². The van der Waals surface area contributed by atoms with Crippen LogP contribution >= 0.6 is 15.9 Å². The van der Waals surface area contributed by atoms with Crippen molar-refractivity contribution in [2.75, 3.05) is 28.6 Å². The van der Waals surface area contributed by atoms with E-state index in [0.29, 0.717) is 13.1 Å². The summed E-state index contributed by atoms with van der Waals surface area (Å²) in [6.45, 7) is 9.01. The van der Waals surface area contributed by atoms with Gasteiger partial charge in [-0.1, -0.05) is 15.9 Å². The number of rotatable bonds is 5. The van der Waals surface area contributed by atoms with Crippen molar-refractivity contribution in [3.8, 4) is 0 Å². The lowest BCUT2D eigenvalue weighted by molar-refractivity contribution is 0.262. The predicted octanol–water partition coefficient (Wildman–Crippen LogP) is 5.55. The third-order valence-electron chi connectivity index (χ3n) is 6.13. The Morgan fingerprint density at radius 1 is 0.969 bits per heavy atom. The van der Waals surface area contributed by atoms with Crippen LogP contribution in [0.15, 0.2) is 39.6 Å². The maximum Gasteiger partial charge on any atom is 0.329 e. The molecule has 1 aliphatic rings. The molecule has 0 atom stereocenters. The number of nitrogens with zero attached hydrogens (tertiary/aromatic N) is 3. The third-order valence-corrected chi connectivity index (χ3v) is 7.02. The van der Waals surface area contributed by atoms with E-state index in [9.17, 15) is 9.59 Å². The van der Waals surface area contributed by atoms with Crippen LogP contribution in [0, 0.1) is 6.92 Å². The molecule has 0 aliphatic carbocycles. The highest BCUT2D eigenvalue weighted by molar-refractivity contribution is 9.10. The predicted molar refractivity (Wildman–Crippen MR) is 135 cm³/mol. The smallest absolute Gasteiger partial charge is 0.329 e. The first-order chi connectivity index (χ1) is 15.4. The minimum atomic E-state index is -0.301. The summed E-state index contributed by atoms with van der Waals surface area (Å²) in [7, 11) is 0. The zero-order valence-corrected chi connectivity index (χ0v) is 20.5. The molecule has 0 saturated carbocycles. The van der Waals surface area contributed by atoms with Crippen LogP contribution in [-0.4, -0.2) is 28.3 Å². The van der Waals surface area contributed by atoms with Gasteiger partial charge in [-0.2, -0.15) is 0 Å². The Morgan fingerprint density at radius 2 is 1.62 bits per heavy atom. The highest BCUT2D eigenvalue weighted by Gasteiger charge is 2.21. The number of aryl methyl sites for hydroxylation is 3. The Hall–Kier alpha value is -2.74. The van der Waals surface area contributed by atoms with Gasteiger partial charge in [0.2, 0.25) is 0 Å². The summed E-state index contributed by atoms with van der Waals surface area (Å²) in [5, 5.41) is 5.98. The molecule has 2 N–H and O–H groups in total. The molecule has 1 aromatic heterocycles. The standard InChI is InChI=1S/C24H30BrN5O2/c1-4-29-21-14-19(27-23(31)26-17-9-10-18(25)16(3)13-17)20(28-11-7-6-8-12-28)15-22(21)30(5-2)24(29)32/h9-10,13-15H,4-8,11-12H2,1-3H3,(H2,26,27,31). The van der Waals surface area contributed by atoms with E-state index in [1.807, 2.05) is 45.0 Å². The average Bonchev–Trinajstić information content (AvgIpc) is 3.05. The lowest BCUT2D eigenvalue weighted by Gasteiger charge is -2.31.